The van der Waals surface area contributed by atoms with E-state index in [0.717, 1.165) is 28.9 Å². The fourth-order valence-electron chi connectivity index (χ4n) is 3.43. The molecule has 4 nitrogen and oxygen atoms in total. The molecule has 2 aromatic carbocycles. The molecule has 1 aliphatic rings. The summed E-state index contributed by atoms with van der Waals surface area (Å²) in [5, 5.41) is 0. The van der Waals surface area contributed by atoms with Gasteiger partial charge < -0.3 is 14.5 Å². The highest BCUT2D eigenvalue weighted by Gasteiger charge is 2.36. The van der Waals surface area contributed by atoms with Crippen LogP contribution >= 0.6 is 0 Å². The number of nitrogens with zero attached hydrogens (tertiary/aromatic N) is 2. The predicted octanol–water partition coefficient (Wildman–Crippen LogP) is 3.51. The van der Waals surface area contributed by atoms with Gasteiger partial charge in [-0.05, 0) is 41.8 Å². The molecule has 0 N–H and O–H groups in total. The van der Waals surface area contributed by atoms with E-state index in [9.17, 15) is 4.79 Å². The highest BCUT2D eigenvalue weighted by atomic mass is 16.5. The average Bonchev–Trinajstić information content (AvgIpc) is 3.02. The summed E-state index contributed by atoms with van der Waals surface area (Å²) in [4.78, 5) is 16.4. The van der Waals surface area contributed by atoms with Gasteiger partial charge in [-0.25, -0.2) is 0 Å². The molecule has 0 bridgehead atoms. The van der Waals surface area contributed by atoms with Crippen LogP contribution in [0.5, 0.6) is 0 Å². The standard InChI is InChI=1S/C21H26N2O2/c1-22(2)17-9-5-15(6-10-17)20(19-13-14-25-21(19)24)16-7-11-18(12-8-16)23(3)4/h5-12,19-20H,13-14H2,1-4H3. The van der Waals surface area contributed by atoms with Crippen LogP contribution in [-0.2, 0) is 9.53 Å². The van der Waals surface area contributed by atoms with Crippen molar-refractivity contribution in [1.29, 1.82) is 0 Å². The van der Waals surface area contributed by atoms with Gasteiger partial charge in [-0.1, -0.05) is 24.3 Å². The Balaban J connectivity index is 1.99. The lowest BCUT2D eigenvalue weighted by Crippen LogP contribution is -2.19. The summed E-state index contributed by atoms with van der Waals surface area (Å²) >= 11 is 0. The zero-order valence-corrected chi connectivity index (χ0v) is 15.4. The van der Waals surface area contributed by atoms with Gasteiger partial charge in [0.05, 0.1) is 12.5 Å². The van der Waals surface area contributed by atoms with E-state index in [0.29, 0.717) is 6.61 Å². The minimum absolute atomic E-state index is 0.0300. The first-order valence-corrected chi connectivity index (χ1v) is 8.68. The van der Waals surface area contributed by atoms with Gasteiger partial charge >= 0.3 is 5.97 Å². The van der Waals surface area contributed by atoms with Crippen molar-refractivity contribution in [3.05, 3.63) is 59.7 Å². The van der Waals surface area contributed by atoms with Crippen LogP contribution < -0.4 is 9.80 Å². The number of esters is 1. The summed E-state index contributed by atoms with van der Waals surface area (Å²) in [6, 6.07) is 17.0. The number of cyclic esters (lactones) is 1. The zero-order valence-electron chi connectivity index (χ0n) is 15.4. The number of anilines is 2. The molecule has 4 heteroatoms. The van der Waals surface area contributed by atoms with Crippen LogP contribution in [0.2, 0.25) is 0 Å². The molecule has 0 aromatic heterocycles. The van der Waals surface area contributed by atoms with E-state index in [1.54, 1.807) is 0 Å². The molecule has 132 valence electrons. The van der Waals surface area contributed by atoms with Gasteiger partial charge in [-0.2, -0.15) is 0 Å². The van der Waals surface area contributed by atoms with Crippen LogP contribution in [0.15, 0.2) is 48.5 Å². The maximum absolute atomic E-state index is 12.3. The second-order valence-corrected chi connectivity index (χ2v) is 7.01. The fraction of sp³-hybridized carbons (Fsp3) is 0.381. The fourth-order valence-corrected chi connectivity index (χ4v) is 3.43. The van der Waals surface area contributed by atoms with Gasteiger partial charge in [0.1, 0.15) is 0 Å². The lowest BCUT2D eigenvalue weighted by atomic mass is 9.80. The minimum atomic E-state index is -0.115. The number of rotatable bonds is 5. The van der Waals surface area contributed by atoms with E-state index >= 15 is 0 Å². The third-order valence-electron chi connectivity index (χ3n) is 4.92. The number of benzene rings is 2. The second-order valence-electron chi connectivity index (χ2n) is 7.01. The normalized spacial score (nSPS) is 16.8. The van der Waals surface area contributed by atoms with Crippen molar-refractivity contribution in [2.24, 2.45) is 5.92 Å². The Morgan fingerprint density at radius 2 is 1.28 bits per heavy atom. The first-order chi connectivity index (χ1) is 12.0. The Kier molecular flexibility index (Phi) is 4.98. The largest absolute Gasteiger partial charge is 0.465 e. The van der Waals surface area contributed by atoms with Gasteiger partial charge in [0, 0.05) is 45.5 Å². The van der Waals surface area contributed by atoms with Crippen LogP contribution in [0.25, 0.3) is 0 Å². The second kappa shape index (κ2) is 7.18. The summed E-state index contributed by atoms with van der Waals surface area (Å²) in [6.07, 6.45) is 0.772. The van der Waals surface area contributed by atoms with Crippen molar-refractivity contribution in [2.75, 3.05) is 44.6 Å². The van der Waals surface area contributed by atoms with E-state index in [1.807, 2.05) is 28.2 Å². The Hall–Kier alpha value is -2.49. The maximum Gasteiger partial charge on any atom is 0.310 e. The van der Waals surface area contributed by atoms with Crippen LogP contribution in [-0.4, -0.2) is 40.8 Å². The highest BCUT2D eigenvalue weighted by molar-refractivity contribution is 5.76. The Morgan fingerprint density at radius 3 is 1.60 bits per heavy atom. The molecule has 25 heavy (non-hydrogen) atoms. The van der Waals surface area contributed by atoms with E-state index in [4.69, 9.17) is 4.74 Å². The SMILES string of the molecule is CN(C)c1ccc(C(c2ccc(N(C)C)cc2)C2CCOC2=O)cc1. The molecule has 1 unspecified atom stereocenters. The summed E-state index contributed by atoms with van der Waals surface area (Å²) < 4.78 is 5.26. The minimum Gasteiger partial charge on any atom is -0.465 e. The topological polar surface area (TPSA) is 32.8 Å². The highest BCUT2D eigenvalue weighted by Crippen LogP contribution is 2.38. The molecule has 1 heterocycles. The van der Waals surface area contributed by atoms with Crippen molar-refractivity contribution in [2.45, 2.75) is 12.3 Å². The molecule has 0 amide bonds. The van der Waals surface area contributed by atoms with Crippen LogP contribution in [0, 0.1) is 5.92 Å². The van der Waals surface area contributed by atoms with Crippen molar-refractivity contribution >= 4 is 17.3 Å². The molecule has 2 aromatic rings. The van der Waals surface area contributed by atoms with Crippen molar-refractivity contribution < 1.29 is 9.53 Å². The third-order valence-corrected chi connectivity index (χ3v) is 4.92. The Bertz CT molecular complexity index is 669. The van der Waals surface area contributed by atoms with E-state index < -0.39 is 0 Å². The van der Waals surface area contributed by atoms with E-state index in [-0.39, 0.29) is 17.8 Å². The smallest absolute Gasteiger partial charge is 0.310 e. The van der Waals surface area contributed by atoms with Crippen LogP contribution in [0.3, 0.4) is 0 Å². The number of carbonyl (C=O) groups excluding carboxylic acids is 1. The lowest BCUT2D eigenvalue weighted by Gasteiger charge is -2.24. The van der Waals surface area contributed by atoms with Crippen molar-refractivity contribution in [1.82, 2.24) is 0 Å². The van der Waals surface area contributed by atoms with Gasteiger partial charge in [-0.3, -0.25) is 4.79 Å². The number of carbonyl (C=O) groups is 1. The van der Waals surface area contributed by atoms with Gasteiger partial charge in [0.2, 0.25) is 0 Å². The molecule has 0 saturated carbocycles. The first kappa shape index (κ1) is 17.3. The summed E-state index contributed by atoms with van der Waals surface area (Å²) in [6.45, 7) is 0.519. The molecule has 3 rings (SSSR count). The van der Waals surface area contributed by atoms with Gasteiger partial charge in [-0.15, -0.1) is 0 Å². The summed E-state index contributed by atoms with van der Waals surface area (Å²) in [7, 11) is 8.11. The number of hydrogen-bond donors (Lipinski definition) is 0. The third kappa shape index (κ3) is 3.63. The zero-order chi connectivity index (χ0) is 18.0. The predicted molar refractivity (Wildman–Crippen MR) is 102 cm³/mol. The Labute approximate surface area is 150 Å². The Morgan fingerprint density at radius 1 is 0.840 bits per heavy atom. The molecule has 1 atom stereocenters. The molecular formula is C21H26N2O2. The summed E-state index contributed by atoms with van der Waals surface area (Å²) in [5.41, 5.74) is 4.62. The molecule has 1 saturated heterocycles. The molecule has 0 aliphatic carbocycles. The molecule has 1 aliphatic heterocycles. The maximum atomic E-state index is 12.3. The summed E-state index contributed by atoms with van der Waals surface area (Å²) in [5.74, 6) is -0.170. The number of hydrogen-bond acceptors (Lipinski definition) is 4. The molecule has 1 fully saturated rings. The van der Waals surface area contributed by atoms with Gasteiger partial charge in [0.15, 0.2) is 0 Å². The van der Waals surface area contributed by atoms with E-state index in [1.165, 1.54) is 0 Å². The quantitative estimate of drug-likeness (QED) is 0.781. The lowest BCUT2D eigenvalue weighted by molar-refractivity contribution is -0.141. The van der Waals surface area contributed by atoms with Crippen molar-refractivity contribution in [3.63, 3.8) is 0 Å². The van der Waals surface area contributed by atoms with Gasteiger partial charge in [0.25, 0.3) is 0 Å². The number of ether oxygens (including phenoxy) is 1. The van der Waals surface area contributed by atoms with Crippen LogP contribution in [0.1, 0.15) is 23.5 Å². The van der Waals surface area contributed by atoms with E-state index in [2.05, 4.69) is 58.3 Å². The monoisotopic (exact) mass is 338 g/mol. The van der Waals surface area contributed by atoms with Crippen LogP contribution in [0.4, 0.5) is 11.4 Å². The van der Waals surface area contributed by atoms with Crippen molar-refractivity contribution in [3.8, 4) is 0 Å². The molecule has 0 radical (unpaired) electrons. The molecular weight excluding hydrogens is 312 g/mol. The first-order valence-electron chi connectivity index (χ1n) is 8.68. The average molecular weight is 338 g/mol. The molecule has 0 spiro atoms.